The molecule has 0 nitrogen and oxygen atoms in total. The number of rotatable bonds is 2. The maximum atomic E-state index is 4.93. The van der Waals surface area contributed by atoms with E-state index in [1.54, 1.807) is 13.5 Å². The molecule has 0 aromatic heterocycles. The molecule has 0 N–H and O–H groups in total. The average molecular weight is 577 g/mol. The molecule has 179 valence electrons. The van der Waals surface area contributed by atoms with E-state index in [2.05, 4.69) is 119 Å². The van der Waals surface area contributed by atoms with E-state index < -0.39 is 20.8 Å². The van der Waals surface area contributed by atoms with Crippen molar-refractivity contribution >= 4 is 48.8 Å². The SMILES string of the molecule is C[Si].Cc1cc2c(C(C)C)cccc2[cH-]1.Cc1cc2c(C(C)C)cccc2[cH-]1.[CH2-]C.[Cl][Zr][Cl]. The van der Waals surface area contributed by atoms with Gasteiger partial charge in [0.25, 0.3) is 0 Å². The maximum absolute atomic E-state index is 4.93. The minimum absolute atomic E-state index is 0.616. The standard InChI is InChI=1S/2C13H15.C2H5.CH3Si.2ClH.Zr/c2*1-9(2)12-6-4-5-11-7-10(3)8-13(11)12;2*1-2;;;/h2*4-9H,1-3H3;1H2,2H3;1H3;2*1H;/q3*-1;;;;+2/p-2. The Morgan fingerprint density at radius 2 is 1.03 bits per heavy atom. The van der Waals surface area contributed by atoms with Crippen LogP contribution in [0.5, 0.6) is 0 Å². The van der Waals surface area contributed by atoms with Crippen LogP contribution < -0.4 is 0 Å². The Balaban J connectivity index is 0.000000490. The molecule has 0 saturated carbocycles. The van der Waals surface area contributed by atoms with Gasteiger partial charge in [-0.3, -0.25) is 0 Å². The summed E-state index contributed by atoms with van der Waals surface area (Å²) >= 11 is -0.826. The summed E-state index contributed by atoms with van der Waals surface area (Å²) in [5, 5.41) is 5.61. The molecule has 0 spiro atoms. The van der Waals surface area contributed by atoms with Gasteiger partial charge < -0.3 is 6.92 Å². The van der Waals surface area contributed by atoms with E-state index in [0.29, 0.717) is 11.8 Å². The van der Waals surface area contributed by atoms with Crippen LogP contribution in [0.1, 0.15) is 68.7 Å². The molecule has 3 radical (unpaired) electrons. The Bertz CT molecular complexity index is 960. The first-order valence-electron chi connectivity index (χ1n) is 11.3. The number of hydrogen-bond donors (Lipinski definition) is 0. The van der Waals surface area contributed by atoms with Crippen molar-refractivity contribution in [1.29, 1.82) is 0 Å². The number of hydrogen-bond acceptors (Lipinski definition) is 0. The van der Waals surface area contributed by atoms with Gasteiger partial charge in [0.2, 0.25) is 0 Å². The van der Waals surface area contributed by atoms with Gasteiger partial charge in [0, 0.05) is 10.2 Å². The van der Waals surface area contributed by atoms with Crippen molar-refractivity contribution in [3.63, 3.8) is 0 Å². The van der Waals surface area contributed by atoms with E-state index >= 15 is 0 Å². The van der Waals surface area contributed by atoms with Crippen LogP contribution >= 0.6 is 17.0 Å². The first-order chi connectivity index (χ1) is 15.8. The van der Waals surface area contributed by atoms with Crippen molar-refractivity contribution in [3.05, 3.63) is 89.8 Å². The van der Waals surface area contributed by atoms with Gasteiger partial charge in [0.05, 0.1) is 0 Å². The number of halogens is 2. The fourth-order valence-electron chi connectivity index (χ4n) is 3.82. The topological polar surface area (TPSA) is 0 Å². The molecular weight excluding hydrogens is 539 g/mol. The molecule has 0 fully saturated rings. The Hall–Kier alpha value is -0.660. The molecular formula is C29H38Cl2SiZr-3. The van der Waals surface area contributed by atoms with E-state index in [0.717, 1.165) is 0 Å². The predicted molar refractivity (Wildman–Crippen MR) is 151 cm³/mol. The summed E-state index contributed by atoms with van der Waals surface area (Å²) < 4.78 is 0. The molecule has 4 aromatic carbocycles. The van der Waals surface area contributed by atoms with Crippen LogP contribution in [0, 0.1) is 20.8 Å². The monoisotopic (exact) mass is 574 g/mol. The van der Waals surface area contributed by atoms with Crippen molar-refractivity contribution in [3.8, 4) is 0 Å². The quantitative estimate of drug-likeness (QED) is 0.164. The van der Waals surface area contributed by atoms with E-state index in [4.69, 9.17) is 17.0 Å². The van der Waals surface area contributed by atoms with Gasteiger partial charge in [-0.2, -0.15) is 19.1 Å². The Kier molecular flexibility index (Phi) is 17.4. The average Bonchev–Trinajstić information content (AvgIpc) is 3.37. The fourth-order valence-corrected chi connectivity index (χ4v) is 3.82. The van der Waals surface area contributed by atoms with Crippen molar-refractivity contribution in [1.82, 2.24) is 0 Å². The zero-order chi connectivity index (χ0) is 25.6. The molecule has 0 amide bonds. The van der Waals surface area contributed by atoms with E-state index in [1.807, 2.05) is 0 Å². The van der Waals surface area contributed by atoms with Gasteiger partial charge in [0.15, 0.2) is 0 Å². The fraction of sp³-hybridized carbons (Fsp3) is 0.345. The van der Waals surface area contributed by atoms with E-state index in [1.165, 1.54) is 43.8 Å². The van der Waals surface area contributed by atoms with Crippen LogP contribution in [0.15, 0.2) is 60.7 Å². The molecule has 0 aliphatic heterocycles. The van der Waals surface area contributed by atoms with Crippen LogP contribution in [0.3, 0.4) is 0 Å². The van der Waals surface area contributed by atoms with Crippen LogP contribution in [0.25, 0.3) is 21.5 Å². The third-order valence-electron chi connectivity index (χ3n) is 5.10. The predicted octanol–water partition coefficient (Wildman–Crippen LogP) is 10.4. The van der Waals surface area contributed by atoms with Crippen LogP contribution in [-0.4, -0.2) is 10.2 Å². The summed E-state index contributed by atoms with van der Waals surface area (Å²) in [5.41, 5.74) is 5.66. The Morgan fingerprint density at radius 3 is 1.30 bits per heavy atom. The Labute approximate surface area is 224 Å². The molecule has 4 heteroatoms. The third-order valence-corrected chi connectivity index (χ3v) is 5.10. The first-order valence-corrected chi connectivity index (χ1v) is 18.6. The molecule has 0 atom stereocenters. The molecule has 0 saturated heterocycles. The third kappa shape index (κ3) is 10.2. The molecule has 0 bridgehead atoms. The Morgan fingerprint density at radius 1 is 0.727 bits per heavy atom. The van der Waals surface area contributed by atoms with Crippen molar-refractivity contribution in [2.24, 2.45) is 0 Å². The summed E-state index contributed by atoms with van der Waals surface area (Å²) in [7, 11) is 12.8. The van der Waals surface area contributed by atoms with Crippen LogP contribution in [0.4, 0.5) is 0 Å². The van der Waals surface area contributed by atoms with Gasteiger partial charge in [-0.15, -0.1) is 69.1 Å². The zero-order valence-electron chi connectivity index (χ0n) is 21.4. The molecule has 0 unspecified atom stereocenters. The van der Waals surface area contributed by atoms with Crippen molar-refractivity contribution in [2.45, 2.75) is 66.8 Å². The second kappa shape index (κ2) is 17.7. The molecule has 4 rings (SSSR count). The summed E-state index contributed by atoms with van der Waals surface area (Å²) in [5.74, 6) is 1.23. The normalized spacial score (nSPS) is 9.76. The van der Waals surface area contributed by atoms with Crippen LogP contribution in [0.2, 0.25) is 6.55 Å². The summed E-state index contributed by atoms with van der Waals surface area (Å²) in [6.45, 7) is 20.1. The number of fused-ring (bicyclic) bond motifs is 2. The van der Waals surface area contributed by atoms with E-state index in [-0.39, 0.29) is 0 Å². The first kappa shape index (κ1) is 32.3. The second-order valence-electron chi connectivity index (χ2n) is 8.15. The van der Waals surface area contributed by atoms with Gasteiger partial charge >= 0.3 is 37.9 Å². The summed E-state index contributed by atoms with van der Waals surface area (Å²) in [6, 6.07) is 22.2. The zero-order valence-corrected chi connectivity index (χ0v) is 26.4. The van der Waals surface area contributed by atoms with Gasteiger partial charge in [-0.05, 0) is 11.8 Å². The van der Waals surface area contributed by atoms with Gasteiger partial charge in [-0.1, -0.05) is 71.3 Å². The van der Waals surface area contributed by atoms with Gasteiger partial charge in [0.1, 0.15) is 0 Å². The molecule has 0 heterocycles. The molecule has 0 aliphatic carbocycles. The van der Waals surface area contributed by atoms with Gasteiger partial charge in [-0.25, -0.2) is 0 Å². The second-order valence-corrected chi connectivity index (χ2v) is 11.9. The summed E-state index contributed by atoms with van der Waals surface area (Å²) in [4.78, 5) is 0. The van der Waals surface area contributed by atoms with Crippen LogP contribution in [-0.2, 0) is 20.8 Å². The number of aryl methyl sites for hydroxylation is 2. The molecule has 33 heavy (non-hydrogen) atoms. The van der Waals surface area contributed by atoms with E-state index in [9.17, 15) is 0 Å². The van der Waals surface area contributed by atoms with Crippen molar-refractivity contribution in [2.75, 3.05) is 0 Å². The molecule has 0 aliphatic rings. The summed E-state index contributed by atoms with van der Waals surface area (Å²) in [6.07, 6.45) is 0. The number of benzene rings is 2. The minimum atomic E-state index is -0.826. The van der Waals surface area contributed by atoms with Crippen molar-refractivity contribution < 1.29 is 20.8 Å². The molecule has 4 aromatic rings.